The summed E-state index contributed by atoms with van der Waals surface area (Å²) in [4.78, 5) is 42.9. The van der Waals surface area contributed by atoms with Crippen LogP contribution >= 0.6 is 0 Å². The van der Waals surface area contributed by atoms with Gasteiger partial charge in [0.2, 0.25) is 11.8 Å². The fourth-order valence-electron chi connectivity index (χ4n) is 8.16. The van der Waals surface area contributed by atoms with Crippen molar-refractivity contribution in [3.63, 3.8) is 0 Å². The van der Waals surface area contributed by atoms with Gasteiger partial charge in [0, 0.05) is 11.8 Å². The van der Waals surface area contributed by atoms with Crippen molar-refractivity contribution in [1.82, 2.24) is 0 Å². The van der Waals surface area contributed by atoms with Crippen LogP contribution in [0.3, 0.4) is 0 Å². The van der Waals surface area contributed by atoms with Gasteiger partial charge in [0.15, 0.2) is 0 Å². The van der Waals surface area contributed by atoms with Crippen LogP contribution in [0.5, 0.6) is 0 Å². The van der Waals surface area contributed by atoms with E-state index in [2.05, 4.69) is 45.0 Å². The molecule has 0 radical (unpaired) electrons. The van der Waals surface area contributed by atoms with Crippen molar-refractivity contribution >= 4 is 23.5 Å². The highest BCUT2D eigenvalue weighted by Gasteiger charge is 2.61. The summed E-state index contributed by atoms with van der Waals surface area (Å²) in [7, 11) is 0. The van der Waals surface area contributed by atoms with Crippen LogP contribution in [0.1, 0.15) is 84.5 Å². The van der Waals surface area contributed by atoms with Crippen molar-refractivity contribution in [1.29, 1.82) is 0 Å². The van der Waals surface area contributed by atoms with Crippen molar-refractivity contribution in [3.05, 3.63) is 101 Å². The van der Waals surface area contributed by atoms with Crippen molar-refractivity contribution in [2.75, 3.05) is 4.90 Å². The first-order chi connectivity index (χ1) is 19.3. The Kier molecular flexibility index (Phi) is 5.95. The van der Waals surface area contributed by atoms with Crippen LogP contribution in [0.15, 0.2) is 72.8 Å². The van der Waals surface area contributed by atoms with E-state index in [0.29, 0.717) is 29.0 Å². The quantitative estimate of drug-likeness (QED) is 0.277. The van der Waals surface area contributed by atoms with Crippen LogP contribution in [0.25, 0.3) is 0 Å². The molecule has 5 nitrogen and oxygen atoms in total. The van der Waals surface area contributed by atoms with Crippen molar-refractivity contribution in [3.8, 4) is 0 Å². The van der Waals surface area contributed by atoms with E-state index in [1.165, 1.54) is 4.90 Å². The second kappa shape index (κ2) is 9.43. The van der Waals surface area contributed by atoms with E-state index in [1.807, 2.05) is 24.3 Å². The van der Waals surface area contributed by atoms with Crippen molar-refractivity contribution in [2.24, 2.45) is 29.6 Å². The minimum atomic E-state index is -0.451. The Morgan fingerprint density at radius 2 is 1.35 bits per heavy atom. The van der Waals surface area contributed by atoms with E-state index in [1.54, 1.807) is 24.3 Å². The molecule has 1 heterocycles. The maximum atomic E-state index is 14.1. The monoisotopic (exact) mass is 533 g/mol. The number of carbonyl (C=O) groups is 3. The van der Waals surface area contributed by atoms with Crippen molar-refractivity contribution in [2.45, 2.75) is 58.0 Å². The van der Waals surface area contributed by atoms with Gasteiger partial charge in [-0.05, 0) is 71.0 Å². The number of hydrogen-bond acceptors (Lipinski definition) is 4. The van der Waals surface area contributed by atoms with Crippen LogP contribution in [0.2, 0.25) is 0 Å². The number of esters is 1. The van der Waals surface area contributed by atoms with Gasteiger partial charge < -0.3 is 4.74 Å². The molecule has 2 fully saturated rings. The molecule has 1 aliphatic heterocycles. The second-order valence-corrected chi connectivity index (χ2v) is 12.6. The van der Waals surface area contributed by atoms with E-state index in [4.69, 9.17) is 4.74 Å². The van der Waals surface area contributed by atoms with Gasteiger partial charge in [0.1, 0.15) is 6.10 Å². The average Bonchev–Trinajstić information content (AvgIpc) is 3.23. The molecule has 5 aliphatic rings. The first-order valence-electron chi connectivity index (χ1n) is 14.7. The molecule has 0 N–H and O–H groups in total. The molecule has 0 spiro atoms. The lowest BCUT2D eigenvalue weighted by atomic mass is 9.55. The predicted octanol–water partition coefficient (Wildman–Crippen LogP) is 6.70. The number of benzene rings is 3. The second-order valence-electron chi connectivity index (χ2n) is 12.6. The molecule has 2 amide bonds. The molecule has 3 aromatic rings. The van der Waals surface area contributed by atoms with E-state index in [0.717, 1.165) is 41.5 Å². The summed E-state index contributed by atoms with van der Waals surface area (Å²) in [6.45, 7) is 6.59. The number of carbonyl (C=O) groups excluding carboxylic acids is 3. The third-order valence-corrected chi connectivity index (χ3v) is 10.0. The predicted molar refractivity (Wildman–Crippen MR) is 153 cm³/mol. The number of nitrogens with zero attached hydrogens (tertiary/aromatic N) is 1. The topological polar surface area (TPSA) is 63.7 Å². The summed E-state index contributed by atoms with van der Waals surface area (Å²) in [6, 6.07) is 23.4. The van der Waals surface area contributed by atoms with Crippen LogP contribution in [-0.2, 0) is 14.3 Å². The van der Waals surface area contributed by atoms with Gasteiger partial charge in [-0.2, -0.15) is 0 Å². The third-order valence-electron chi connectivity index (χ3n) is 10.0. The fraction of sp³-hybridized carbons (Fsp3) is 0.400. The zero-order valence-corrected chi connectivity index (χ0v) is 23.2. The number of hydrogen-bond donors (Lipinski definition) is 0. The highest BCUT2D eigenvalue weighted by atomic mass is 16.5. The van der Waals surface area contributed by atoms with Crippen LogP contribution < -0.4 is 4.90 Å². The van der Waals surface area contributed by atoms with Crippen LogP contribution in [0, 0.1) is 29.6 Å². The Morgan fingerprint density at radius 1 is 0.800 bits per heavy atom. The van der Waals surface area contributed by atoms with E-state index >= 15 is 0 Å². The van der Waals surface area contributed by atoms with Gasteiger partial charge in [-0.1, -0.05) is 81.8 Å². The number of imide groups is 1. The lowest BCUT2D eigenvalue weighted by Crippen LogP contribution is -2.41. The Balaban J connectivity index is 1.21. The summed E-state index contributed by atoms with van der Waals surface area (Å²) in [5.74, 6) is -0.663. The molecular formula is C35H35NO4. The summed E-state index contributed by atoms with van der Waals surface area (Å²) in [5.41, 5.74) is 5.42. The maximum absolute atomic E-state index is 14.1. The molecule has 1 saturated carbocycles. The Labute approximate surface area is 235 Å². The fourth-order valence-corrected chi connectivity index (χ4v) is 8.16. The smallest absolute Gasteiger partial charge is 0.338 e. The zero-order valence-electron chi connectivity index (χ0n) is 23.2. The standard InChI is InChI=1S/C35H35NO4/c1-19(2)23-16-15-20(3)17-28(23)40-35(39)21-9-8-10-22(18-21)36-33(37)31-29-24-11-4-5-12-25(24)30(32(31)34(36)38)27-14-7-6-13-26(27)29/h4-14,18-20,23,28-32H,15-17H2,1-3H3/t20-,23-,28-,29?,30?,31-,32-/m1/s1. The van der Waals surface area contributed by atoms with Gasteiger partial charge >= 0.3 is 5.97 Å². The van der Waals surface area contributed by atoms with Crippen LogP contribution in [-0.4, -0.2) is 23.9 Å². The number of anilines is 1. The molecular weight excluding hydrogens is 498 g/mol. The molecule has 0 aromatic heterocycles. The zero-order chi connectivity index (χ0) is 27.7. The Morgan fingerprint density at radius 3 is 1.88 bits per heavy atom. The summed E-state index contributed by atoms with van der Waals surface area (Å²) in [6.07, 6.45) is 2.96. The maximum Gasteiger partial charge on any atom is 0.338 e. The molecule has 5 atom stereocenters. The van der Waals surface area contributed by atoms with Gasteiger partial charge in [-0.15, -0.1) is 0 Å². The summed E-state index contributed by atoms with van der Waals surface area (Å²) >= 11 is 0. The number of amides is 2. The van der Waals surface area contributed by atoms with Crippen LogP contribution in [0.4, 0.5) is 5.69 Å². The molecule has 1 saturated heterocycles. The first kappa shape index (κ1) is 25.3. The highest BCUT2D eigenvalue weighted by Crippen LogP contribution is 2.61. The molecule has 4 aliphatic carbocycles. The summed E-state index contributed by atoms with van der Waals surface area (Å²) < 4.78 is 6.09. The molecule has 40 heavy (non-hydrogen) atoms. The number of ether oxygens (including phenoxy) is 1. The minimum absolute atomic E-state index is 0.120. The molecule has 8 rings (SSSR count). The van der Waals surface area contributed by atoms with Gasteiger partial charge in [-0.25, -0.2) is 9.69 Å². The van der Waals surface area contributed by atoms with E-state index < -0.39 is 11.8 Å². The summed E-state index contributed by atoms with van der Waals surface area (Å²) in [5, 5.41) is 0. The Bertz CT molecular complexity index is 1410. The lowest BCUT2D eigenvalue weighted by Gasteiger charge is -2.45. The lowest BCUT2D eigenvalue weighted by molar-refractivity contribution is -0.122. The average molecular weight is 534 g/mol. The minimum Gasteiger partial charge on any atom is -0.458 e. The molecule has 0 unspecified atom stereocenters. The van der Waals surface area contributed by atoms with Gasteiger partial charge in [0.05, 0.1) is 23.1 Å². The molecule has 5 heteroatoms. The largest absolute Gasteiger partial charge is 0.458 e. The van der Waals surface area contributed by atoms with Gasteiger partial charge in [-0.3, -0.25) is 9.59 Å². The Hall–Kier alpha value is -3.73. The number of rotatable bonds is 4. The normalized spacial score (nSPS) is 30.2. The molecule has 204 valence electrons. The molecule has 3 aromatic carbocycles. The molecule has 2 bridgehead atoms. The SMILES string of the molecule is CC(C)[C@H]1CC[C@@H](C)C[C@H]1OC(=O)c1cccc(N2C(=O)[C@@H]3C4c5ccccc5C(c5ccccc54)[C@H]3C2=O)c1. The van der Waals surface area contributed by atoms with E-state index in [-0.39, 0.29) is 35.7 Å². The van der Waals surface area contributed by atoms with E-state index in [9.17, 15) is 14.4 Å². The highest BCUT2D eigenvalue weighted by molar-refractivity contribution is 6.23. The van der Waals surface area contributed by atoms with Crippen molar-refractivity contribution < 1.29 is 19.1 Å². The third kappa shape index (κ3) is 3.70. The first-order valence-corrected chi connectivity index (χ1v) is 14.7. The van der Waals surface area contributed by atoms with Gasteiger partial charge in [0.25, 0.3) is 0 Å².